The number of carbonyl (C=O) groups is 1. The first-order valence-corrected chi connectivity index (χ1v) is 7.74. The predicted molar refractivity (Wildman–Crippen MR) is 78.0 cm³/mol. The third-order valence-corrected chi connectivity index (χ3v) is 4.77. The number of likely N-dealkylation sites (tertiary alicyclic amines) is 1. The molecule has 1 amide bonds. The molecule has 6 heteroatoms. The van der Waals surface area contributed by atoms with Gasteiger partial charge in [0.05, 0.1) is 24.4 Å². The van der Waals surface area contributed by atoms with Crippen LogP contribution in [0.15, 0.2) is 29.2 Å². The number of carbonyl (C=O) groups excluding carboxylic acids is 1. The second-order valence-corrected chi connectivity index (χ2v) is 6.33. The summed E-state index contributed by atoms with van der Waals surface area (Å²) in [5.41, 5.74) is 0.967. The van der Waals surface area contributed by atoms with E-state index in [1.165, 1.54) is 0 Å². The molecule has 2 atom stereocenters. The topological polar surface area (TPSA) is 64.0 Å². The Kier molecular flexibility index (Phi) is 3.98. The molecular weight excluding hydrogens is 276 g/mol. The highest BCUT2D eigenvalue weighted by atomic mass is 32.2. The molecule has 1 saturated heterocycles. The molecule has 1 aromatic carbocycles. The highest BCUT2D eigenvalue weighted by Gasteiger charge is 2.32. The molecule has 3 rings (SSSR count). The van der Waals surface area contributed by atoms with Crippen LogP contribution in [0.2, 0.25) is 0 Å². The Labute approximate surface area is 122 Å². The van der Waals surface area contributed by atoms with E-state index in [0.717, 1.165) is 16.3 Å². The Morgan fingerprint density at radius 3 is 2.70 bits per heavy atom. The van der Waals surface area contributed by atoms with Gasteiger partial charge >= 0.3 is 0 Å². The molecule has 2 heterocycles. The molecule has 20 heavy (non-hydrogen) atoms. The molecule has 0 aromatic heterocycles. The molecule has 1 aromatic rings. The molecule has 5 nitrogen and oxygen atoms in total. The minimum Gasteiger partial charge on any atom is -0.389 e. The number of β-amino-alcohol motifs (C(OH)–C–C–N with tert-alkyl or cyclic N) is 2. The number of fused-ring (bicyclic) bond motifs is 1. The zero-order valence-electron chi connectivity index (χ0n) is 11.1. The van der Waals surface area contributed by atoms with Gasteiger partial charge in [-0.3, -0.25) is 9.69 Å². The van der Waals surface area contributed by atoms with E-state index in [0.29, 0.717) is 19.6 Å². The summed E-state index contributed by atoms with van der Waals surface area (Å²) in [5.74, 6) is 0.924. The minimum absolute atomic E-state index is 0.0269. The number of thioether (sulfide) groups is 1. The molecule has 0 bridgehead atoms. The lowest BCUT2D eigenvalue weighted by Gasteiger charge is -2.30. The van der Waals surface area contributed by atoms with Crippen molar-refractivity contribution in [2.75, 3.05) is 36.8 Å². The number of amides is 1. The van der Waals surface area contributed by atoms with E-state index in [-0.39, 0.29) is 12.5 Å². The molecule has 2 aliphatic rings. The number of nitrogens with zero attached hydrogens (tertiary/aromatic N) is 2. The maximum atomic E-state index is 12.4. The van der Waals surface area contributed by atoms with Crippen molar-refractivity contribution in [2.45, 2.75) is 17.1 Å². The summed E-state index contributed by atoms with van der Waals surface area (Å²) in [4.78, 5) is 17.2. The average molecular weight is 294 g/mol. The van der Waals surface area contributed by atoms with E-state index >= 15 is 0 Å². The van der Waals surface area contributed by atoms with Crippen LogP contribution in [0.4, 0.5) is 5.69 Å². The van der Waals surface area contributed by atoms with E-state index in [2.05, 4.69) is 0 Å². The first kappa shape index (κ1) is 13.9. The second-order valence-electron chi connectivity index (χ2n) is 5.19. The van der Waals surface area contributed by atoms with E-state index in [9.17, 15) is 15.0 Å². The quantitative estimate of drug-likeness (QED) is 0.814. The summed E-state index contributed by atoms with van der Waals surface area (Å²) in [5, 5.41) is 19.1. The molecule has 2 aliphatic heterocycles. The van der Waals surface area contributed by atoms with Gasteiger partial charge in [-0.2, -0.15) is 0 Å². The molecule has 2 N–H and O–H groups in total. The van der Waals surface area contributed by atoms with Crippen molar-refractivity contribution in [3.8, 4) is 0 Å². The third kappa shape index (κ3) is 2.69. The van der Waals surface area contributed by atoms with Crippen LogP contribution in [0.3, 0.4) is 0 Å². The lowest BCUT2D eigenvalue weighted by atomic mass is 10.2. The van der Waals surface area contributed by atoms with Gasteiger partial charge in [0.15, 0.2) is 0 Å². The van der Waals surface area contributed by atoms with Gasteiger partial charge < -0.3 is 15.1 Å². The molecule has 108 valence electrons. The van der Waals surface area contributed by atoms with Crippen molar-refractivity contribution in [2.24, 2.45) is 0 Å². The third-order valence-electron chi connectivity index (χ3n) is 3.72. The number of para-hydroxylation sites is 1. The van der Waals surface area contributed by atoms with Crippen molar-refractivity contribution in [1.29, 1.82) is 0 Å². The number of benzene rings is 1. The number of aliphatic hydroxyl groups excluding tert-OH is 2. The van der Waals surface area contributed by atoms with Crippen molar-refractivity contribution >= 4 is 23.4 Å². The fourth-order valence-corrected chi connectivity index (χ4v) is 3.68. The highest BCUT2D eigenvalue weighted by molar-refractivity contribution is 7.99. The monoisotopic (exact) mass is 294 g/mol. The SMILES string of the molecule is O=C(CN1C[C@@H](O)[C@@H](O)C1)N1CCSc2ccccc21. The fourth-order valence-electron chi connectivity index (χ4n) is 2.68. The van der Waals surface area contributed by atoms with Crippen molar-refractivity contribution in [1.82, 2.24) is 4.90 Å². The van der Waals surface area contributed by atoms with Gasteiger partial charge in [0.2, 0.25) is 5.91 Å². The first-order valence-electron chi connectivity index (χ1n) is 6.76. The van der Waals surface area contributed by atoms with Crippen molar-refractivity contribution in [3.63, 3.8) is 0 Å². The van der Waals surface area contributed by atoms with Gasteiger partial charge in [0.25, 0.3) is 0 Å². The van der Waals surface area contributed by atoms with Crippen LogP contribution < -0.4 is 4.90 Å². The van der Waals surface area contributed by atoms with Gasteiger partial charge in [-0.1, -0.05) is 12.1 Å². The van der Waals surface area contributed by atoms with Gasteiger partial charge in [-0.05, 0) is 12.1 Å². The maximum Gasteiger partial charge on any atom is 0.241 e. The summed E-state index contributed by atoms with van der Waals surface area (Å²) in [6, 6.07) is 7.91. The summed E-state index contributed by atoms with van der Waals surface area (Å²) < 4.78 is 0. The molecule has 0 saturated carbocycles. The van der Waals surface area contributed by atoms with E-state index in [1.807, 2.05) is 34.1 Å². The predicted octanol–water partition coefficient (Wildman–Crippen LogP) is 0.163. The summed E-state index contributed by atoms with van der Waals surface area (Å²) in [6.07, 6.45) is -1.49. The first-order chi connectivity index (χ1) is 9.65. The summed E-state index contributed by atoms with van der Waals surface area (Å²) >= 11 is 1.77. The Morgan fingerprint density at radius 2 is 1.95 bits per heavy atom. The average Bonchev–Trinajstić information content (AvgIpc) is 2.76. The lowest BCUT2D eigenvalue weighted by Crippen LogP contribution is -2.42. The normalized spacial score (nSPS) is 26.6. The Bertz CT molecular complexity index is 501. The fraction of sp³-hybridized carbons (Fsp3) is 0.500. The molecular formula is C14H18N2O3S. The van der Waals surface area contributed by atoms with E-state index in [1.54, 1.807) is 11.8 Å². The number of aliphatic hydroxyl groups is 2. The number of anilines is 1. The van der Waals surface area contributed by atoms with Gasteiger partial charge in [-0.25, -0.2) is 0 Å². The van der Waals surface area contributed by atoms with Gasteiger partial charge in [0, 0.05) is 30.3 Å². The summed E-state index contributed by atoms with van der Waals surface area (Å²) in [6.45, 7) is 1.67. The summed E-state index contributed by atoms with van der Waals surface area (Å²) in [7, 11) is 0. The second kappa shape index (κ2) is 5.73. The Hall–Kier alpha value is -1.08. The number of hydrogen-bond donors (Lipinski definition) is 2. The van der Waals surface area contributed by atoms with Crippen molar-refractivity contribution in [3.05, 3.63) is 24.3 Å². The Balaban J connectivity index is 1.70. The smallest absolute Gasteiger partial charge is 0.241 e. The Morgan fingerprint density at radius 1 is 1.25 bits per heavy atom. The molecule has 0 unspecified atom stereocenters. The van der Waals surface area contributed by atoms with Crippen LogP contribution in [0.5, 0.6) is 0 Å². The number of rotatable bonds is 2. The van der Waals surface area contributed by atoms with Gasteiger partial charge in [-0.15, -0.1) is 11.8 Å². The molecule has 0 spiro atoms. The highest BCUT2D eigenvalue weighted by Crippen LogP contribution is 2.34. The van der Waals surface area contributed by atoms with Crippen LogP contribution in [-0.4, -0.2) is 65.2 Å². The minimum atomic E-state index is -0.744. The van der Waals surface area contributed by atoms with Crippen LogP contribution in [0.25, 0.3) is 0 Å². The van der Waals surface area contributed by atoms with Crippen LogP contribution in [0, 0.1) is 0 Å². The molecule has 0 aliphatic carbocycles. The standard InChI is InChI=1S/C14H18N2O3S/c17-11-7-15(8-12(11)18)9-14(19)16-5-6-20-13-4-2-1-3-10(13)16/h1-4,11-12,17-18H,5-9H2/t11-,12+. The molecule has 0 radical (unpaired) electrons. The largest absolute Gasteiger partial charge is 0.389 e. The lowest BCUT2D eigenvalue weighted by molar-refractivity contribution is -0.119. The van der Waals surface area contributed by atoms with Crippen molar-refractivity contribution < 1.29 is 15.0 Å². The maximum absolute atomic E-state index is 12.4. The van der Waals surface area contributed by atoms with Crippen LogP contribution in [-0.2, 0) is 4.79 Å². The zero-order chi connectivity index (χ0) is 14.1. The number of hydrogen-bond acceptors (Lipinski definition) is 5. The van der Waals surface area contributed by atoms with Crippen LogP contribution in [0.1, 0.15) is 0 Å². The van der Waals surface area contributed by atoms with Crippen LogP contribution >= 0.6 is 11.8 Å². The molecule has 1 fully saturated rings. The van der Waals surface area contributed by atoms with E-state index in [4.69, 9.17) is 0 Å². The van der Waals surface area contributed by atoms with Gasteiger partial charge in [0.1, 0.15) is 0 Å². The van der Waals surface area contributed by atoms with E-state index < -0.39 is 12.2 Å². The zero-order valence-corrected chi connectivity index (χ0v) is 11.9.